The van der Waals surface area contributed by atoms with Crippen LogP contribution in [0.5, 0.6) is 0 Å². The molecule has 0 fully saturated rings. The molecule has 2 rings (SSSR count). The molecule has 0 aliphatic heterocycles. The molecule has 0 atom stereocenters. The SMILES string of the molecule is Cc1nc(CCn2ccc(C)c(C#N)c2=O)cs1. The van der Waals surface area contributed by atoms with E-state index in [-0.39, 0.29) is 11.1 Å². The molecule has 0 saturated carbocycles. The lowest BCUT2D eigenvalue weighted by molar-refractivity contribution is 0.659. The molecule has 0 aromatic carbocycles. The smallest absolute Gasteiger partial charge is 0.268 e. The summed E-state index contributed by atoms with van der Waals surface area (Å²) in [6.07, 6.45) is 2.44. The Labute approximate surface area is 109 Å². The average molecular weight is 259 g/mol. The first-order valence-corrected chi connectivity index (χ1v) is 6.51. The summed E-state index contributed by atoms with van der Waals surface area (Å²) >= 11 is 1.60. The van der Waals surface area contributed by atoms with Crippen molar-refractivity contribution in [2.24, 2.45) is 0 Å². The Morgan fingerprint density at radius 3 is 2.89 bits per heavy atom. The van der Waals surface area contributed by atoms with E-state index in [0.29, 0.717) is 13.0 Å². The van der Waals surface area contributed by atoms with Gasteiger partial charge in [0, 0.05) is 24.5 Å². The quantitative estimate of drug-likeness (QED) is 0.847. The molecule has 0 N–H and O–H groups in total. The van der Waals surface area contributed by atoms with E-state index in [9.17, 15) is 4.79 Å². The molecular formula is C13H13N3OS. The van der Waals surface area contributed by atoms with Gasteiger partial charge in [0.15, 0.2) is 0 Å². The van der Waals surface area contributed by atoms with Crippen molar-refractivity contribution < 1.29 is 0 Å². The van der Waals surface area contributed by atoms with Crippen LogP contribution in [0.2, 0.25) is 0 Å². The van der Waals surface area contributed by atoms with Gasteiger partial charge in [0.05, 0.1) is 10.7 Å². The molecule has 92 valence electrons. The maximum Gasteiger partial charge on any atom is 0.268 e. The number of thiazole rings is 1. The Balaban J connectivity index is 2.21. The van der Waals surface area contributed by atoms with Gasteiger partial charge in [0.1, 0.15) is 11.6 Å². The van der Waals surface area contributed by atoms with Gasteiger partial charge in [0.25, 0.3) is 5.56 Å². The van der Waals surface area contributed by atoms with Crippen molar-refractivity contribution in [3.63, 3.8) is 0 Å². The summed E-state index contributed by atoms with van der Waals surface area (Å²) < 4.78 is 1.57. The molecular weight excluding hydrogens is 246 g/mol. The third-order valence-electron chi connectivity index (χ3n) is 2.76. The van der Waals surface area contributed by atoms with E-state index < -0.39 is 0 Å². The topological polar surface area (TPSA) is 58.7 Å². The van der Waals surface area contributed by atoms with Gasteiger partial charge in [0.2, 0.25) is 0 Å². The summed E-state index contributed by atoms with van der Waals surface area (Å²) in [5.41, 5.74) is 1.73. The largest absolute Gasteiger partial charge is 0.314 e. The molecule has 0 bridgehead atoms. The molecule has 4 nitrogen and oxygen atoms in total. The molecule has 0 aliphatic rings. The Morgan fingerprint density at radius 2 is 2.28 bits per heavy atom. The third kappa shape index (κ3) is 2.49. The maximum atomic E-state index is 12.0. The van der Waals surface area contributed by atoms with Crippen LogP contribution in [0.4, 0.5) is 0 Å². The van der Waals surface area contributed by atoms with Crippen molar-refractivity contribution in [3.05, 3.63) is 49.8 Å². The zero-order valence-corrected chi connectivity index (χ0v) is 11.1. The van der Waals surface area contributed by atoms with Crippen LogP contribution >= 0.6 is 11.3 Å². The number of pyridine rings is 1. The average Bonchev–Trinajstić information content (AvgIpc) is 2.75. The molecule has 0 amide bonds. The molecule has 0 unspecified atom stereocenters. The van der Waals surface area contributed by atoms with E-state index in [2.05, 4.69) is 4.98 Å². The highest BCUT2D eigenvalue weighted by Gasteiger charge is 2.07. The molecule has 2 aromatic heterocycles. The fourth-order valence-corrected chi connectivity index (χ4v) is 2.38. The summed E-state index contributed by atoms with van der Waals surface area (Å²) in [5.74, 6) is 0. The van der Waals surface area contributed by atoms with E-state index in [0.717, 1.165) is 16.3 Å². The number of hydrogen-bond donors (Lipinski definition) is 0. The highest BCUT2D eigenvalue weighted by molar-refractivity contribution is 7.09. The van der Waals surface area contributed by atoms with Gasteiger partial charge in [-0.25, -0.2) is 4.98 Å². The van der Waals surface area contributed by atoms with Crippen LogP contribution in [0.3, 0.4) is 0 Å². The summed E-state index contributed by atoms with van der Waals surface area (Å²) in [6, 6.07) is 3.76. The second kappa shape index (κ2) is 5.15. The molecule has 0 spiro atoms. The second-order valence-corrected chi connectivity index (χ2v) is 5.15. The maximum absolute atomic E-state index is 12.0. The summed E-state index contributed by atoms with van der Waals surface area (Å²) in [4.78, 5) is 16.3. The van der Waals surface area contributed by atoms with Crippen LogP contribution in [-0.4, -0.2) is 9.55 Å². The fourth-order valence-electron chi connectivity index (χ4n) is 1.74. The first kappa shape index (κ1) is 12.5. The highest BCUT2D eigenvalue weighted by Crippen LogP contribution is 2.09. The van der Waals surface area contributed by atoms with Crippen molar-refractivity contribution in [3.8, 4) is 6.07 Å². The predicted octanol–water partition coefficient (Wildman–Crippen LogP) is 2.04. The Morgan fingerprint density at radius 1 is 1.50 bits per heavy atom. The first-order valence-electron chi connectivity index (χ1n) is 5.63. The first-order chi connectivity index (χ1) is 8.61. The van der Waals surface area contributed by atoms with Crippen LogP contribution in [0.15, 0.2) is 22.4 Å². The van der Waals surface area contributed by atoms with Gasteiger partial charge < -0.3 is 4.57 Å². The van der Waals surface area contributed by atoms with Crippen LogP contribution in [-0.2, 0) is 13.0 Å². The molecule has 0 aliphatic carbocycles. The van der Waals surface area contributed by atoms with Crippen LogP contribution in [0.1, 0.15) is 21.8 Å². The number of aromatic nitrogens is 2. The van der Waals surface area contributed by atoms with Gasteiger partial charge in [-0.1, -0.05) is 0 Å². The number of aryl methyl sites for hydroxylation is 4. The second-order valence-electron chi connectivity index (χ2n) is 4.09. The van der Waals surface area contributed by atoms with Crippen molar-refractivity contribution >= 4 is 11.3 Å². The minimum Gasteiger partial charge on any atom is -0.314 e. The van der Waals surface area contributed by atoms with Crippen molar-refractivity contribution in [2.45, 2.75) is 26.8 Å². The predicted molar refractivity (Wildman–Crippen MR) is 70.7 cm³/mol. The van der Waals surface area contributed by atoms with Gasteiger partial charge in [-0.05, 0) is 25.5 Å². The molecule has 2 heterocycles. The summed E-state index contributed by atoms with van der Waals surface area (Å²) in [6.45, 7) is 4.28. The van der Waals surface area contributed by atoms with Gasteiger partial charge in [-0.3, -0.25) is 4.79 Å². The Hall–Kier alpha value is -1.93. The van der Waals surface area contributed by atoms with E-state index >= 15 is 0 Å². The summed E-state index contributed by atoms with van der Waals surface area (Å²) in [7, 11) is 0. The normalized spacial score (nSPS) is 10.3. The van der Waals surface area contributed by atoms with Crippen molar-refractivity contribution in [1.29, 1.82) is 5.26 Å². The molecule has 0 saturated heterocycles. The lowest BCUT2D eigenvalue weighted by atomic mass is 10.2. The standard InChI is InChI=1S/C13H13N3OS/c1-9-3-5-16(13(17)12(9)7-14)6-4-11-8-18-10(2)15-11/h3,5,8H,4,6H2,1-2H3. The number of nitriles is 1. The third-order valence-corrected chi connectivity index (χ3v) is 3.58. The Bertz CT molecular complexity index is 664. The minimum absolute atomic E-state index is 0.218. The number of nitrogens with zero attached hydrogens (tertiary/aromatic N) is 3. The van der Waals surface area contributed by atoms with E-state index in [1.807, 2.05) is 18.4 Å². The fraction of sp³-hybridized carbons (Fsp3) is 0.308. The van der Waals surface area contributed by atoms with E-state index in [4.69, 9.17) is 5.26 Å². The van der Waals surface area contributed by atoms with Crippen LogP contribution in [0, 0.1) is 25.2 Å². The number of rotatable bonds is 3. The van der Waals surface area contributed by atoms with Gasteiger partial charge >= 0.3 is 0 Å². The lowest BCUT2D eigenvalue weighted by Crippen LogP contribution is -2.23. The number of hydrogen-bond acceptors (Lipinski definition) is 4. The molecule has 0 radical (unpaired) electrons. The van der Waals surface area contributed by atoms with Gasteiger partial charge in [-0.2, -0.15) is 5.26 Å². The van der Waals surface area contributed by atoms with Crippen LogP contribution in [0.25, 0.3) is 0 Å². The zero-order valence-electron chi connectivity index (χ0n) is 10.3. The van der Waals surface area contributed by atoms with E-state index in [1.54, 1.807) is 35.1 Å². The molecule has 18 heavy (non-hydrogen) atoms. The summed E-state index contributed by atoms with van der Waals surface area (Å²) in [5, 5.41) is 12.0. The Kier molecular flexibility index (Phi) is 3.58. The zero-order chi connectivity index (χ0) is 13.1. The minimum atomic E-state index is -0.218. The highest BCUT2D eigenvalue weighted by atomic mass is 32.1. The molecule has 5 heteroatoms. The van der Waals surface area contributed by atoms with Gasteiger partial charge in [-0.15, -0.1) is 11.3 Å². The van der Waals surface area contributed by atoms with E-state index in [1.165, 1.54) is 0 Å². The van der Waals surface area contributed by atoms with Crippen LogP contribution < -0.4 is 5.56 Å². The monoisotopic (exact) mass is 259 g/mol. The molecule has 2 aromatic rings. The van der Waals surface area contributed by atoms with Crippen molar-refractivity contribution in [1.82, 2.24) is 9.55 Å². The van der Waals surface area contributed by atoms with Crippen molar-refractivity contribution in [2.75, 3.05) is 0 Å². The lowest BCUT2D eigenvalue weighted by Gasteiger charge is -2.05.